The van der Waals surface area contributed by atoms with Crippen LogP contribution in [0.1, 0.15) is 24.1 Å². The largest absolute Gasteiger partial charge is 0.306 e. The standard InChI is InChI=1S/C14H15N3O2/c1-11(13-3-2-8-15-10-13)16-9-12-4-6-14(7-5-12)17(18)19/h2-8,10-11,16H,9H2,1H3. The van der Waals surface area contributed by atoms with Crippen molar-refractivity contribution in [2.24, 2.45) is 0 Å². The molecule has 0 amide bonds. The minimum atomic E-state index is -0.393. The minimum absolute atomic E-state index is 0.115. The minimum Gasteiger partial charge on any atom is -0.306 e. The summed E-state index contributed by atoms with van der Waals surface area (Å²) in [5, 5.41) is 13.9. The lowest BCUT2D eigenvalue weighted by atomic mass is 10.1. The van der Waals surface area contributed by atoms with E-state index in [4.69, 9.17) is 0 Å². The Morgan fingerprint density at radius 2 is 2.05 bits per heavy atom. The molecule has 1 unspecified atom stereocenters. The van der Waals surface area contributed by atoms with E-state index in [-0.39, 0.29) is 11.7 Å². The summed E-state index contributed by atoms with van der Waals surface area (Å²) in [5.41, 5.74) is 2.25. The molecule has 5 heteroatoms. The number of hydrogen-bond acceptors (Lipinski definition) is 4. The molecule has 1 aromatic heterocycles. The molecule has 0 spiro atoms. The number of nitrogens with one attached hydrogen (secondary N) is 1. The lowest BCUT2D eigenvalue weighted by molar-refractivity contribution is -0.384. The number of aromatic nitrogens is 1. The van der Waals surface area contributed by atoms with E-state index in [1.54, 1.807) is 18.3 Å². The average Bonchev–Trinajstić information content (AvgIpc) is 2.46. The fraction of sp³-hybridized carbons (Fsp3) is 0.214. The number of rotatable bonds is 5. The van der Waals surface area contributed by atoms with Crippen LogP contribution in [0.15, 0.2) is 48.8 Å². The fourth-order valence-electron chi connectivity index (χ4n) is 1.76. The first-order valence-electron chi connectivity index (χ1n) is 6.03. The molecule has 0 aliphatic rings. The van der Waals surface area contributed by atoms with E-state index in [0.29, 0.717) is 6.54 Å². The van der Waals surface area contributed by atoms with Gasteiger partial charge in [0.15, 0.2) is 0 Å². The second-order valence-corrected chi connectivity index (χ2v) is 4.31. The number of non-ortho nitro benzene ring substituents is 1. The van der Waals surface area contributed by atoms with Gasteiger partial charge in [0.25, 0.3) is 5.69 Å². The predicted molar refractivity (Wildman–Crippen MR) is 72.6 cm³/mol. The molecular weight excluding hydrogens is 242 g/mol. The lowest BCUT2D eigenvalue weighted by Gasteiger charge is -2.13. The van der Waals surface area contributed by atoms with Crippen molar-refractivity contribution in [1.29, 1.82) is 0 Å². The summed E-state index contributed by atoms with van der Waals surface area (Å²) in [6.45, 7) is 2.72. The van der Waals surface area contributed by atoms with Crippen LogP contribution in [0.3, 0.4) is 0 Å². The first-order valence-corrected chi connectivity index (χ1v) is 6.03. The first-order chi connectivity index (χ1) is 9.16. The molecular formula is C14H15N3O2. The van der Waals surface area contributed by atoms with Crippen LogP contribution in [0, 0.1) is 10.1 Å². The summed E-state index contributed by atoms with van der Waals surface area (Å²) < 4.78 is 0. The van der Waals surface area contributed by atoms with E-state index in [1.165, 1.54) is 12.1 Å². The lowest BCUT2D eigenvalue weighted by Crippen LogP contribution is -2.18. The third-order valence-electron chi connectivity index (χ3n) is 2.94. The van der Waals surface area contributed by atoms with Gasteiger partial charge in [-0.1, -0.05) is 18.2 Å². The zero-order chi connectivity index (χ0) is 13.7. The van der Waals surface area contributed by atoms with Gasteiger partial charge < -0.3 is 5.32 Å². The molecule has 1 atom stereocenters. The van der Waals surface area contributed by atoms with Gasteiger partial charge in [-0.3, -0.25) is 15.1 Å². The number of nitro benzene ring substituents is 1. The summed E-state index contributed by atoms with van der Waals surface area (Å²) >= 11 is 0. The Hall–Kier alpha value is -2.27. The van der Waals surface area contributed by atoms with Crippen LogP contribution in [0.5, 0.6) is 0 Å². The highest BCUT2D eigenvalue weighted by molar-refractivity contribution is 5.32. The molecule has 98 valence electrons. The van der Waals surface area contributed by atoms with Crippen LogP contribution in [-0.2, 0) is 6.54 Å². The molecule has 0 aliphatic carbocycles. The van der Waals surface area contributed by atoms with Gasteiger partial charge in [0.1, 0.15) is 0 Å². The fourth-order valence-corrected chi connectivity index (χ4v) is 1.76. The van der Waals surface area contributed by atoms with Gasteiger partial charge in [-0.15, -0.1) is 0 Å². The van der Waals surface area contributed by atoms with Crippen molar-refractivity contribution >= 4 is 5.69 Å². The van der Waals surface area contributed by atoms with Crippen LogP contribution in [-0.4, -0.2) is 9.91 Å². The number of nitro groups is 1. The number of nitrogens with zero attached hydrogens (tertiary/aromatic N) is 2. The van der Waals surface area contributed by atoms with E-state index in [2.05, 4.69) is 17.2 Å². The zero-order valence-corrected chi connectivity index (χ0v) is 10.6. The molecule has 0 aliphatic heterocycles. The van der Waals surface area contributed by atoms with Crippen molar-refractivity contribution in [3.8, 4) is 0 Å². The smallest absolute Gasteiger partial charge is 0.269 e. The Balaban J connectivity index is 1.93. The van der Waals surface area contributed by atoms with E-state index < -0.39 is 4.92 Å². The van der Waals surface area contributed by atoms with Gasteiger partial charge in [-0.05, 0) is 24.1 Å². The highest BCUT2D eigenvalue weighted by Gasteiger charge is 2.06. The molecule has 0 radical (unpaired) electrons. The Morgan fingerprint density at radius 3 is 2.63 bits per heavy atom. The van der Waals surface area contributed by atoms with Crippen LogP contribution < -0.4 is 5.32 Å². The average molecular weight is 257 g/mol. The van der Waals surface area contributed by atoms with Crippen LogP contribution in [0.2, 0.25) is 0 Å². The van der Waals surface area contributed by atoms with Crippen molar-refractivity contribution < 1.29 is 4.92 Å². The maximum absolute atomic E-state index is 10.5. The molecule has 0 saturated carbocycles. The molecule has 0 fully saturated rings. The van der Waals surface area contributed by atoms with Crippen molar-refractivity contribution in [3.05, 3.63) is 70.0 Å². The summed E-state index contributed by atoms with van der Waals surface area (Å²) in [5.74, 6) is 0. The Labute approximate surface area is 111 Å². The second kappa shape index (κ2) is 6.06. The van der Waals surface area contributed by atoms with Gasteiger partial charge in [-0.2, -0.15) is 0 Å². The molecule has 19 heavy (non-hydrogen) atoms. The van der Waals surface area contributed by atoms with E-state index in [0.717, 1.165) is 11.1 Å². The third kappa shape index (κ3) is 3.59. The van der Waals surface area contributed by atoms with Crippen molar-refractivity contribution in [3.63, 3.8) is 0 Å². The van der Waals surface area contributed by atoms with Crippen molar-refractivity contribution in [2.45, 2.75) is 19.5 Å². The number of benzene rings is 1. The summed E-state index contributed by atoms with van der Waals surface area (Å²) in [6, 6.07) is 10.7. The topological polar surface area (TPSA) is 68.1 Å². The van der Waals surface area contributed by atoms with E-state index in [1.807, 2.05) is 18.3 Å². The predicted octanol–water partition coefficient (Wildman–Crippen LogP) is 2.84. The van der Waals surface area contributed by atoms with Crippen LogP contribution in [0.4, 0.5) is 5.69 Å². The Kier molecular flexibility index (Phi) is 4.20. The van der Waals surface area contributed by atoms with E-state index in [9.17, 15) is 10.1 Å². The monoisotopic (exact) mass is 257 g/mol. The summed E-state index contributed by atoms with van der Waals surface area (Å²) in [7, 11) is 0. The van der Waals surface area contributed by atoms with Gasteiger partial charge in [-0.25, -0.2) is 0 Å². The normalized spacial score (nSPS) is 12.1. The molecule has 5 nitrogen and oxygen atoms in total. The molecule has 2 aromatic rings. The molecule has 0 saturated heterocycles. The second-order valence-electron chi connectivity index (χ2n) is 4.31. The highest BCUT2D eigenvalue weighted by Crippen LogP contribution is 2.14. The quantitative estimate of drug-likeness (QED) is 0.660. The summed E-state index contributed by atoms with van der Waals surface area (Å²) in [6.07, 6.45) is 3.57. The third-order valence-corrected chi connectivity index (χ3v) is 2.94. The van der Waals surface area contributed by atoms with Gasteiger partial charge in [0.05, 0.1) is 4.92 Å². The maximum atomic E-state index is 10.5. The molecule has 1 heterocycles. The molecule has 0 bridgehead atoms. The number of pyridine rings is 1. The molecule has 1 N–H and O–H groups in total. The molecule has 1 aromatic carbocycles. The van der Waals surface area contributed by atoms with Crippen LogP contribution in [0.25, 0.3) is 0 Å². The van der Waals surface area contributed by atoms with Crippen molar-refractivity contribution in [1.82, 2.24) is 10.3 Å². The van der Waals surface area contributed by atoms with Gasteiger partial charge in [0, 0.05) is 37.1 Å². The number of hydrogen-bond donors (Lipinski definition) is 1. The summed E-state index contributed by atoms with van der Waals surface area (Å²) in [4.78, 5) is 14.2. The van der Waals surface area contributed by atoms with E-state index >= 15 is 0 Å². The van der Waals surface area contributed by atoms with Gasteiger partial charge in [0.2, 0.25) is 0 Å². The van der Waals surface area contributed by atoms with Crippen LogP contribution >= 0.6 is 0 Å². The highest BCUT2D eigenvalue weighted by atomic mass is 16.6. The maximum Gasteiger partial charge on any atom is 0.269 e. The SMILES string of the molecule is CC(NCc1ccc([N+](=O)[O-])cc1)c1cccnc1. The zero-order valence-electron chi connectivity index (χ0n) is 10.6. The van der Waals surface area contributed by atoms with Crippen molar-refractivity contribution in [2.75, 3.05) is 0 Å². The Morgan fingerprint density at radius 1 is 1.32 bits per heavy atom. The molecule has 2 rings (SSSR count). The van der Waals surface area contributed by atoms with Gasteiger partial charge >= 0.3 is 0 Å². The first kappa shape index (κ1) is 13.2. The Bertz CT molecular complexity index is 540.